The molecular formula is C11H10N2O3S. The molecule has 88 valence electrons. The standard InChI is InChI=1S/C11H10N2O3S/c1-2-13-8-6-4-3-5-7(8)10-9(13)11(14)12-17(10,15)16/h3-6H,2H2,1H3,(H,12,14). The minimum atomic E-state index is -3.69. The minimum Gasteiger partial charge on any atom is -0.336 e. The summed E-state index contributed by atoms with van der Waals surface area (Å²) >= 11 is 0. The van der Waals surface area contributed by atoms with Gasteiger partial charge in [-0.05, 0) is 13.0 Å². The molecule has 1 aliphatic rings. The first kappa shape index (κ1) is 10.3. The number of carbonyl (C=O) groups is 1. The highest BCUT2D eigenvalue weighted by molar-refractivity contribution is 7.91. The lowest BCUT2D eigenvalue weighted by molar-refractivity contribution is 0.0977. The highest BCUT2D eigenvalue weighted by Crippen LogP contribution is 2.33. The van der Waals surface area contributed by atoms with Crippen LogP contribution in [0.1, 0.15) is 17.4 Å². The largest absolute Gasteiger partial charge is 0.336 e. The Morgan fingerprint density at radius 2 is 2.00 bits per heavy atom. The highest BCUT2D eigenvalue weighted by atomic mass is 32.2. The van der Waals surface area contributed by atoms with E-state index >= 15 is 0 Å². The lowest BCUT2D eigenvalue weighted by Crippen LogP contribution is -2.23. The topological polar surface area (TPSA) is 68.2 Å². The molecule has 0 fully saturated rings. The third kappa shape index (κ3) is 1.18. The number of aryl methyl sites for hydroxylation is 1. The van der Waals surface area contributed by atoms with Crippen molar-refractivity contribution in [1.82, 2.24) is 9.29 Å². The number of para-hydroxylation sites is 1. The van der Waals surface area contributed by atoms with Crippen molar-refractivity contribution in [1.29, 1.82) is 0 Å². The van der Waals surface area contributed by atoms with Gasteiger partial charge in [-0.1, -0.05) is 18.2 Å². The molecule has 1 aromatic carbocycles. The van der Waals surface area contributed by atoms with E-state index in [9.17, 15) is 13.2 Å². The van der Waals surface area contributed by atoms with E-state index in [1.165, 1.54) is 0 Å². The van der Waals surface area contributed by atoms with Crippen LogP contribution < -0.4 is 4.72 Å². The zero-order valence-corrected chi connectivity index (χ0v) is 9.91. The van der Waals surface area contributed by atoms with E-state index in [0.717, 1.165) is 5.52 Å². The number of sulfonamides is 1. The number of carbonyl (C=O) groups excluding carboxylic acids is 1. The quantitative estimate of drug-likeness (QED) is 0.823. The van der Waals surface area contributed by atoms with Gasteiger partial charge >= 0.3 is 0 Å². The second-order valence-electron chi connectivity index (χ2n) is 3.87. The number of hydrogen-bond donors (Lipinski definition) is 1. The summed E-state index contributed by atoms with van der Waals surface area (Å²) in [6.45, 7) is 2.43. The molecule has 1 amide bonds. The molecule has 2 heterocycles. The predicted molar refractivity (Wildman–Crippen MR) is 62.3 cm³/mol. The van der Waals surface area contributed by atoms with Crippen molar-refractivity contribution < 1.29 is 13.2 Å². The van der Waals surface area contributed by atoms with Crippen LogP contribution in [0.5, 0.6) is 0 Å². The van der Waals surface area contributed by atoms with E-state index in [0.29, 0.717) is 11.9 Å². The fraction of sp³-hybridized carbons (Fsp3) is 0.182. The van der Waals surface area contributed by atoms with Crippen LogP contribution in [0.3, 0.4) is 0 Å². The van der Waals surface area contributed by atoms with Gasteiger partial charge in [-0.2, -0.15) is 0 Å². The molecule has 0 bridgehead atoms. The van der Waals surface area contributed by atoms with Gasteiger partial charge in [0.05, 0.1) is 5.52 Å². The van der Waals surface area contributed by atoms with Crippen LogP contribution in [0.4, 0.5) is 0 Å². The Hall–Kier alpha value is -1.82. The van der Waals surface area contributed by atoms with E-state index in [1.807, 2.05) is 23.8 Å². The number of nitrogens with zero attached hydrogens (tertiary/aromatic N) is 1. The molecule has 1 aliphatic heterocycles. The first-order valence-electron chi connectivity index (χ1n) is 5.24. The Morgan fingerprint density at radius 3 is 2.71 bits per heavy atom. The zero-order valence-electron chi connectivity index (χ0n) is 9.10. The van der Waals surface area contributed by atoms with Crippen molar-refractivity contribution in [2.45, 2.75) is 18.4 Å². The average Bonchev–Trinajstić information content (AvgIpc) is 2.73. The summed E-state index contributed by atoms with van der Waals surface area (Å²) in [7, 11) is -3.69. The van der Waals surface area contributed by atoms with Crippen molar-refractivity contribution in [2.24, 2.45) is 0 Å². The van der Waals surface area contributed by atoms with E-state index in [2.05, 4.69) is 0 Å². The van der Waals surface area contributed by atoms with Crippen LogP contribution >= 0.6 is 0 Å². The summed E-state index contributed by atoms with van der Waals surface area (Å²) in [5, 5.41) is 0.600. The van der Waals surface area contributed by atoms with Gasteiger partial charge in [0.25, 0.3) is 15.9 Å². The smallest absolute Gasteiger partial charge is 0.283 e. The highest BCUT2D eigenvalue weighted by Gasteiger charge is 2.38. The fourth-order valence-electron chi connectivity index (χ4n) is 2.32. The number of hydrogen-bond acceptors (Lipinski definition) is 3. The molecule has 0 radical (unpaired) electrons. The maximum atomic E-state index is 11.9. The molecule has 1 aromatic heterocycles. The monoisotopic (exact) mass is 250 g/mol. The molecule has 0 unspecified atom stereocenters. The lowest BCUT2D eigenvalue weighted by Gasteiger charge is -2.03. The fourth-order valence-corrected chi connectivity index (χ4v) is 3.68. The molecule has 3 rings (SSSR count). The maximum Gasteiger partial charge on any atom is 0.283 e. The molecule has 0 aliphatic carbocycles. The van der Waals surface area contributed by atoms with E-state index < -0.39 is 15.9 Å². The first-order valence-corrected chi connectivity index (χ1v) is 6.73. The van der Waals surface area contributed by atoms with Gasteiger partial charge in [0.2, 0.25) is 0 Å². The summed E-state index contributed by atoms with van der Waals surface area (Å²) < 4.78 is 27.5. The zero-order chi connectivity index (χ0) is 12.2. The normalized spacial score (nSPS) is 17.1. The second kappa shape index (κ2) is 3.10. The Bertz CT molecular complexity index is 743. The van der Waals surface area contributed by atoms with E-state index in [1.54, 1.807) is 16.7 Å². The average molecular weight is 250 g/mol. The molecule has 17 heavy (non-hydrogen) atoms. The number of amides is 1. The number of nitrogens with one attached hydrogen (secondary N) is 1. The van der Waals surface area contributed by atoms with Crippen LogP contribution in [0.15, 0.2) is 29.2 Å². The van der Waals surface area contributed by atoms with Gasteiger partial charge in [0.15, 0.2) is 0 Å². The SMILES string of the molecule is CCn1c2c(c3ccccc31)S(=O)(=O)NC2=O. The van der Waals surface area contributed by atoms with Crippen molar-refractivity contribution in [3.63, 3.8) is 0 Å². The molecule has 5 nitrogen and oxygen atoms in total. The van der Waals surface area contributed by atoms with Crippen LogP contribution in [-0.4, -0.2) is 18.9 Å². The Morgan fingerprint density at radius 1 is 1.29 bits per heavy atom. The Kier molecular flexibility index (Phi) is 1.89. The number of benzene rings is 1. The summed E-state index contributed by atoms with van der Waals surface area (Å²) in [4.78, 5) is 11.8. The summed E-state index contributed by atoms with van der Waals surface area (Å²) in [6, 6.07) is 7.13. The number of rotatable bonds is 1. The number of fused-ring (bicyclic) bond motifs is 3. The lowest BCUT2D eigenvalue weighted by atomic mass is 10.2. The summed E-state index contributed by atoms with van der Waals surface area (Å²) in [5.41, 5.74) is 1.02. The van der Waals surface area contributed by atoms with Gasteiger partial charge in [-0.15, -0.1) is 0 Å². The molecule has 1 N–H and O–H groups in total. The van der Waals surface area contributed by atoms with Gasteiger partial charge in [0, 0.05) is 11.9 Å². The first-order chi connectivity index (χ1) is 8.06. The molecule has 0 spiro atoms. The molecular weight excluding hydrogens is 240 g/mol. The summed E-state index contributed by atoms with van der Waals surface area (Å²) in [5.74, 6) is -0.543. The summed E-state index contributed by atoms with van der Waals surface area (Å²) in [6.07, 6.45) is 0. The van der Waals surface area contributed by atoms with E-state index in [-0.39, 0.29) is 10.6 Å². The molecule has 0 atom stereocenters. The van der Waals surface area contributed by atoms with Gasteiger partial charge < -0.3 is 4.57 Å². The van der Waals surface area contributed by atoms with Crippen molar-refractivity contribution >= 4 is 26.8 Å². The van der Waals surface area contributed by atoms with Crippen LogP contribution in [-0.2, 0) is 16.6 Å². The maximum absolute atomic E-state index is 11.9. The van der Waals surface area contributed by atoms with Gasteiger partial charge in [-0.25, -0.2) is 13.1 Å². The van der Waals surface area contributed by atoms with Gasteiger partial charge in [-0.3, -0.25) is 4.79 Å². The van der Waals surface area contributed by atoms with Crippen molar-refractivity contribution in [2.75, 3.05) is 0 Å². The van der Waals surface area contributed by atoms with Gasteiger partial charge in [0.1, 0.15) is 10.6 Å². The molecule has 6 heteroatoms. The molecule has 0 saturated heterocycles. The number of aromatic nitrogens is 1. The van der Waals surface area contributed by atoms with E-state index in [4.69, 9.17) is 0 Å². The van der Waals surface area contributed by atoms with Crippen LogP contribution in [0, 0.1) is 0 Å². The Labute approximate surface area is 98.1 Å². The van der Waals surface area contributed by atoms with Crippen LogP contribution in [0.25, 0.3) is 10.9 Å². The second-order valence-corrected chi connectivity index (χ2v) is 5.49. The van der Waals surface area contributed by atoms with Crippen LogP contribution in [0.2, 0.25) is 0 Å². The third-order valence-electron chi connectivity index (χ3n) is 2.95. The minimum absolute atomic E-state index is 0.111. The molecule has 0 saturated carbocycles. The molecule has 2 aromatic rings. The Balaban J connectivity index is 2.59. The van der Waals surface area contributed by atoms with Crippen molar-refractivity contribution in [3.05, 3.63) is 30.0 Å². The third-order valence-corrected chi connectivity index (χ3v) is 4.36. The van der Waals surface area contributed by atoms with Crippen molar-refractivity contribution in [3.8, 4) is 0 Å². The predicted octanol–water partition coefficient (Wildman–Crippen LogP) is 1.09.